The van der Waals surface area contributed by atoms with Gasteiger partial charge in [-0.25, -0.2) is 0 Å². The summed E-state index contributed by atoms with van der Waals surface area (Å²) in [6, 6.07) is 10.2. The van der Waals surface area contributed by atoms with Gasteiger partial charge in [-0.15, -0.1) is 0 Å². The molecule has 0 saturated heterocycles. The molecular weight excluding hydrogens is 294 g/mol. The van der Waals surface area contributed by atoms with Gasteiger partial charge in [-0.3, -0.25) is 0 Å². The summed E-state index contributed by atoms with van der Waals surface area (Å²) < 4.78 is 1.29. The van der Waals surface area contributed by atoms with Crippen LogP contribution in [0.1, 0.15) is 0 Å². The van der Waals surface area contributed by atoms with Gasteiger partial charge in [0, 0.05) is 3.57 Å². The van der Waals surface area contributed by atoms with E-state index in [2.05, 4.69) is 34.7 Å². The topological polar surface area (TPSA) is 60.4 Å². The zero-order chi connectivity index (χ0) is 9.40. The summed E-state index contributed by atoms with van der Waals surface area (Å²) >= 11 is 2.28. The van der Waals surface area contributed by atoms with Gasteiger partial charge in [0.15, 0.2) is 0 Å². The fourth-order valence-corrected chi connectivity index (χ4v) is 0.830. The van der Waals surface area contributed by atoms with Gasteiger partial charge in [-0.2, -0.15) is 0 Å². The Morgan fingerprint density at radius 3 is 1.92 bits per heavy atom. The quantitative estimate of drug-likeness (QED) is 0.445. The van der Waals surface area contributed by atoms with Crippen LogP contribution in [-0.2, 0) is 4.79 Å². The normalized spacial score (nSPS) is 7.54. The molecule has 0 aliphatic heterocycles. The number of halogens is 1. The second kappa shape index (κ2) is 10.5. The molecule has 0 radical (unpaired) electrons. The maximum absolute atomic E-state index is 9.01. The van der Waals surface area contributed by atoms with Gasteiger partial charge in [0.05, 0.1) is 12.6 Å². The molecule has 1 aromatic carbocycles. The second-order valence-corrected chi connectivity index (χ2v) is 3.07. The first-order valence-corrected chi connectivity index (χ1v) is 4.26. The van der Waals surface area contributed by atoms with Crippen LogP contribution in [0.5, 0.6) is 0 Å². The van der Waals surface area contributed by atoms with E-state index >= 15 is 0 Å². The van der Waals surface area contributed by atoms with E-state index < -0.39 is 12.6 Å². The molecule has 0 amide bonds. The van der Waals surface area contributed by atoms with E-state index in [0.29, 0.717) is 0 Å². The Labute approximate surface area is 113 Å². The SMILES string of the molecule is Ic1ccccc1.O=C([O-])CO.[Na+]. The molecule has 0 aliphatic carbocycles. The van der Waals surface area contributed by atoms with Crippen molar-refractivity contribution in [2.24, 2.45) is 0 Å². The first-order valence-electron chi connectivity index (χ1n) is 3.18. The molecule has 13 heavy (non-hydrogen) atoms. The number of rotatable bonds is 1. The first kappa shape index (κ1) is 15.8. The van der Waals surface area contributed by atoms with Crippen LogP contribution in [0.3, 0.4) is 0 Å². The Morgan fingerprint density at radius 2 is 1.77 bits per heavy atom. The molecule has 5 heteroatoms. The van der Waals surface area contributed by atoms with E-state index in [4.69, 9.17) is 15.0 Å². The van der Waals surface area contributed by atoms with Crippen LogP contribution in [0.25, 0.3) is 0 Å². The first-order chi connectivity index (χ1) is 5.66. The van der Waals surface area contributed by atoms with Crippen molar-refractivity contribution in [3.63, 3.8) is 0 Å². The summed E-state index contributed by atoms with van der Waals surface area (Å²) in [5.41, 5.74) is 0. The molecule has 1 N–H and O–H groups in total. The van der Waals surface area contributed by atoms with Crippen molar-refractivity contribution in [1.29, 1.82) is 0 Å². The Hall–Kier alpha value is 0.380. The van der Waals surface area contributed by atoms with Crippen molar-refractivity contribution < 1.29 is 44.6 Å². The Balaban J connectivity index is 0. The number of carboxylic acids is 1. The number of carboxylic acid groups (broad SMARTS) is 1. The van der Waals surface area contributed by atoms with Gasteiger partial charge < -0.3 is 15.0 Å². The minimum atomic E-state index is -1.44. The Morgan fingerprint density at radius 1 is 1.38 bits per heavy atom. The number of aliphatic hydroxyl groups excluding tert-OH is 1. The molecule has 0 heterocycles. The van der Waals surface area contributed by atoms with E-state index in [1.807, 2.05) is 18.2 Å². The van der Waals surface area contributed by atoms with Gasteiger partial charge in [-0.05, 0) is 34.7 Å². The standard InChI is InChI=1S/C6H5I.C2H4O3.Na/c7-6-4-2-1-3-5-6;3-1-2(4)5;/h1-5H;3H,1H2,(H,4,5);/q;;+1/p-1. The van der Waals surface area contributed by atoms with Gasteiger partial charge in [0.2, 0.25) is 0 Å². The average molecular weight is 302 g/mol. The van der Waals surface area contributed by atoms with Crippen LogP contribution < -0.4 is 34.7 Å². The predicted molar refractivity (Wildman–Crippen MR) is 51.3 cm³/mol. The molecule has 1 rings (SSSR count). The summed E-state index contributed by atoms with van der Waals surface area (Å²) in [6.07, 6.45) is 0. The Bertz CT molecular complexity index is 228. The van der Waals surface area contributed by atoms with E-state index in [1.165, 1.54) is 3.57 Å². The van der Waals surface area contributed by atoms with E-state index in [-0.39, 0.29) is 29.6 Å². The summed E-state index contributed by atoms with van der Waals surface area (Å²) in [5, 5.41) is 16.5. The van der Waals surface area contributed by atoms with E-state index in [1.54, 1.807) is 0 Å². The Kier molecular flexibility index (Phi) is 12.7. The van der Waals surface area contributed by atoms with Crippen LogP contribution >= 0.6 is 22.6 Å². The van der Waals surface area contributed by atoms with E-state index in [9.17, 15) is 0 Å². The van der Waals surface area contributed by atoms with Crippen LogP contribution in [0.2, 0.25) is 0 Å². The minimum Gasteiger partial charge on any atom is -0.548 e. The molecule has 0 bridgehead atoms. The largest absolute Gasteiger partial charge is 1.00 e. The summed E-state index contributed by atoms with van der Waals surface area (Å²) in [4.78, 5) is 9.01. The molecule has 0 spiro atoms. The number of hydrogen-bond acceptors (Lipinski definition) is 3. The van der Waals surface area contributed by atoms with Crippen molar-refractivity contribution in [2.45, 2.75) is 0 Å². The molecular formula is C8H8INaO3. The number of hydrogen-bond donors (Lipinski definition) is 1. The third kappa shape index (κ3) is 12.4. The number of carbonyl (C=O) groups excluding carboxylic acids is 1. The molecule has 0 aromatic heterocycles. The van der Waals surface area contributed by atoms with Crippen LogP contribution in [0, 0.1) is 3.57 Å². The molecule has 0 atom stereocenters. The van der Waals surface area contributed by atoms with Gasteiger partial charge in [0.1, 0.15) is 0 Å². The summed E-state index contributed by atoms with van der Waals surface area (Å²) in [5.74, 6) is -1.44. The van der Waals surface area contributed by atoms with Crippen molar-refractivity contribution in [1.82, 2.24) is 0 Å². The summed E-state index contributed by atoms with van der Waals surface area (Å²) in [6.45, 7) is -0.889. The monoisotopic (exact) mass is 302 g/mol. The predicted octanol–water partition coefficient (Wildman–Crippen LogP) is -2.98. The van der Waals surface area contributed by atoms with Crippen LogP contribution in [0.4, 0.5) is 0 Å². The number of aliphatic carboxylic acids is 1. The fourth-order valence-electron chi connectivity index (χ4n) is 0.415. The smallest absolute Gasteiger partial charge is 0.548 e. The van der Waals surface area contributed by atoms with Crippen molar-refractivity contribution in [3.8, 4) is 0 Å². The molecule has 0 fully saturated rings. The molecule has 0 saturated carbocycles. The van der Waals surface area contributed by atoms with Crippen molar-refractivity contribution in [2.75, 3.05) is 6.61 Å². The number of benzene rings is 1. The van der Waals surface area contributed by atoms with Crippen molar-refractivity contribution >= 4 is 28.6 Å². The average Bonchev–Trinajstić information content (AvgIpc) is 2.07. The van der Waals surface area contributed by atoms with Gasteiger partial charge >= 0.3 is 29.6 Å². The maximum atomic E-state index is 9.01. The molecule has 0 unspecified atom stereocenters. The molecule has 3 nitrogen and oxygen atoms in total. The third-order valence-corrected chi connectivity index (χ3v) is 1.58. The molecule has 0 aliphatic rings. The van der Waals surface area contributed by atoms with Crippen LogP contribution in [0.15, 0.2) is 30.3 Å². The fraction of sp³-hybridized carbons (Fsp3) is 0.125. The molecule has 66 valence electrons. The van der Waals surface area contributed by atoms with Crippen LogP contribution in [-0.4, -0.2) is 17.7 Å². The zero-order valence-electron chi connectivity index (χ0n) is 7.24. The van der Waals surface area contributed by atoms with Gasteiger partial charge in [0.25, 0.3) is 0 Å². The number of aliphatic hydroxyl groups is 1. The zero-order valence-corrected chi connectivity index (χ0v) is 11.4. The van der Waals surface area contributed by atoms with Crippen molar-refractivity contribution in [3.05, 3.63) is 33.9 Å². The minimum absolute atomic E-state index is 0. The van der Waals surface area contributed by atoms with Gasteiger partial charge in [-0.1, -0.05) is 18.2 Å². The van der Waals surface area contributed by atoms with E-state index in [0.717, 1.165) is 0 Å². The second-order valence-electron chi connectivity index (χ2n) is 1.83. The maximum Gasteiger partial charge on any atom is 1.00 e. The number of carbonyl (C=O) groups is 1. The summed E-state index contributed by atoms with van der Waals surface area (Å²) in [7, 11) is 0. The molecule has 1 aromatic rings. The third-order valence-electron chi connectivity index (χ3n) is 0.862.